The molecule has 0 unspecified atom stereocenters. The highest BCUT2D eigenvalue weighted by Gasteiger charge is 2.29. The normalized spacial score (nSPS) is 10.8. The van der Waals surface area contributed by atoms with Crippen molar-refractivity contribution in [3.63, 3.8) is 0 Å². The van der Waals surface area contributed by atoms with Crippen molar-refractivity contribution in [1.29, 1.82) is 5.26 Å². The number of ether oxygens (including phenoxy) is 2. The van der Waals surface area contributed by atoms with E-state index < -0.39 is 11.6 Å². The fourth-order valence-electron chi connectivity index (χ4n) is 1.53. The van der Waals surface area contributed by atoms with Gasteiger partial charge < -0.3 is 14.8 Å². The number of esters is 1. The number of methoxy groups -OCH3 is 1. The molecular formula is C16H18N2O4. The lowest BCUT2D eigenvalue weighted by molar-refractivity contribution is -0.135. The molecule has 1 aromatic rings. The summed E-state index contributed by atoms with van der Waals surface area (Å²) in [7, 11) is 1.28. The molecule has 6 heteroatoms. The Labute approximate surface area is 129 Å². The van der Waals surface area contributed by atoms with Crippen LogP contribution in [0, 0.1) is 11.3 Å². The largest absolute Gasteiger partial charge is 0.478 e. The van der Waals surface area contributed by atoms with E-state index in [0.29, 0.717) is 11.3 Å². The molecule has 1 N–H and O–H groups in total. The molecule has 0 aliphatic rings. The maximum atomic E-state index is 12.1. The number of nitriles is 1. The number of nitrogens with one attached hydrogen (secondary N) is 1. The van der Waals surface area contributed by atoms with E-state index in [4.69, 9.17) is 10.00 Å². The van der Waals surface area contributed by atoms with E-state index in [1.165, 1.54) is 19.3 Å². The molecular weight excluding hydrogens is 284 g/mol. The summed E-state index contributed by atoms with van der Waals surface area (Å²) in [5.74, 6) is -0.321. The number of benzene rings is 1. The van der Waals surface area contributed by atoms with Crippen LogP contribution in [0.3, 0.4) is 0 Å². The molecule has 116 valence electrons. The van der Waals surface area contributed by atoms with Gasteiger partial charge in [0.05, 0.1) is 18.7 Å². The molecule has 1 amide bonds. The van der Waals surface area contributed by atoms with Gasteiger partial charge in [0.15, 0.2) is 5.60 Å². The monoisotopic (exact) mass is 302 g/mol. The van der Waals surface area contributed by atoms with Crippen molar-refractivity contribution in [1.82, 2.24) is 5.32 Å². The van der Waals surface area contributed by atoms with Crippen molar-refractivity contribution < 1.29 is 19.1 Å². The molecule has 0 aliphatic heterocycles. The van der Waals surface area contributed by atoms with Crippen molar-refractivity contribution >= 4 is 11.9 Å². The highest BCUT2D eigenvalue weighted by atomic mass is 16.5. The minimum absolute atomic E-state index is 0.189. The molecule has 0 saturated carbocycles. The van der Waals surface area contributed by atoms with Crippen LogP contribution in [0.25, 0.3) is 0 Å². The highest BCUT2D eigenvalue weighted by molar-refractivity contribution is 5.85. The molecule has 0 bridgehead atoms. The average molecular weight is 302 g/mol. The Morgan fingerprint density at radius 3 is 2.50 bits per heavy atom. The summed E-state index contributed by atoms with van der Waals surface area (Å²) in [6.45, 7) is 3.45. The number of rotatable bonds is 6. The van der Waals surface area contributed by atoms with E-state index in [2.05, 4.69) is 10.1 Å². The third kappa shape index (κ3) is 5.29. The van der Waals surface area contributed by atoms with Crippen LogP contribution in [-0.4, -0.2) is 31.1 Å². The Bertz CT molecular complexity index is 598. The van der Waals surface area contributed by atoms with Crippen LogP contribution < -0.4 is 10.1 Å². The number of amides is 1. The quantitative estimate of drug-likeness (QED) is 0.636. The molecule has 0 spiro atoms. The second-order valence-electron chi connectivity index (χ2n) is 4.88. The van der Waals surface area contributed by atoms with Crippen LogP contribution in [0.2, 0.25) is 0 Å². The number of carbonyl (C=O) groups is 2. The third-order valence-corrected chi connectivity index (χ3v) is 2.74. The first-order chi connectivity index (χ1) is 10.4. The lowest BCUT2D eigenvalue weighted by Crippen LogP contribution is -2.46. The van der Waals surface area contributed by atoms with Crippen molar-refractivity contribution in [2.45, 2.75) is 19.4 Å². The molecule has 0 fully saturated rings. The molecule has 0 heterocycles. The van der Waals surface area contributed by atoms with Crippen LogP contribution in [0.1, 0.15) is 19.4 Å². The first kappa shape index (κ1) is 17.2. The van der Waals surface area contributed by atoms with E-state index in [1.807, 2.05) is 6.07 Å². The van der Waals surface area contributed by atoms with E-state index in [9.17, 15) is 9.59 Å². The van der Waals surface area contributed by atoms with Gasteiger partial charge in [0, 0.05) is 12.6 Å². The molecule has 6 nitrogen and oxygen atoms in total. The fourth-order valence-corrected chi connectivity index (χ4v) is 1.53. The topological polar surface area (TPSA) is 88.4 Å². The molecule has 0 saturated heterocycles. The Kier molecular flexibility index (Phi) is 6.14. The minimum Gasteiger partial charge on any atom is -0.478 e. The van der Waals surface area contributed by atoms with Gasteiger partial charge in [0.1, 0.15) is 5.75 Å². The van der Waals surface area contributed by atoms with Crippen molar-refractivity contribution in [2.24, 2.45) is 0 Å². The molecule has 22 heavy (non-hydrogen) atoms. The summed E-state index contributed by atoms with van der Waals surface area (Å²) < 4.78 is 10.1. The smallest absolute Gasteiger partial charge is 0.330 e. The summed E-state index contributed by atoms with van der Waals surface area (Å²) in [5, 5.41) is 11.4. The number of carbonyl (C=O) groups excluding carboxylic acids is 2. The summed E-state index contributed by atoms with van der Waals surface area (Å²) in [6, 6.07) is 8.49. The summed E-state index contributed by atoms with van der Waals surface area (Å²) in [5.41, 5.74) is -0.574. The number of hydrogen-bond donors (Lipinski definition) is 1. The highest BCUT2D eigenvalue weighted by Crippen LogP contribution is 2.19. The fraction of sp³-hybridized carbons (Fsp3) is 0.312. The first-order valence-electron chi connectivity index (χ1n) is 6.61. The van der Waals surface area contributed by atoms with Gasteiger partial charge in [-0.05, 0) is 38.1 Å². The first-order valence-corrected chi connectivity index (χ1v) is 6.61. The molecule has 1 rings (SSSR count). The van der Waals surface area contributed by atoms with Gasteiger partial charge in [-0.1, -0.05) is 6.08 Å². The predicted octanol–water partition coefficient (Wildman–Crippen LogP) is 1.56. The predicted molar refractivity (Wildman–Crippen MR) is 80.0 cm³/mol. The molecule has 0 radical (unpaired) electrons. The third-order valence-electron chi connectivity index (χ3n) is 2.74. The summed E-state index contributed by atoms with van der Waals surface area (Å²) in [6.07, 6.45) is 2.72. The van der Waals surface area contributed by atoms with E-state index in [-0.39, 0.29) is 12.5 Å². The average Bonchev–Trinajstić information content (AvgIpc) is 2.51. The molecule has 1 aromatic carbocycles. The second kappa shape index (κ2) is 7.84. The van der Waals surface area contributed by atoms with Crippen molar-refractivity contribution in [3.05, 3.63) is 42.0 Å². The Hall–Kier alpha value is -2.81. The lowest BCUT2D eigenvalue weighted by Gasteiger charge is -2.25. The Morgan fingerprint density at radius 2 is 1.95 bits per heavy atom. The van der Waals surface area contributed by atoms with Gasteiger partial charge in [0.25, 0.3) is 5.91 Å². The zero-order valence-electron chi connectivity index (χ0n) is 12.8. The van der Waals surface area contributed by atoms with Crippen LogP contribution in [0.4, 0.5) is 0 Å². The van der Waals surface area contributed by atoms with Gasteiger partial charge in [-0.2, -0.15) is 5.26 Å². The second-order valence-corrected chi connectivity index (χ2v) is 4.88. The van der Waals surface area contributed by atoms with Gasteiger partial charge >= 0.3 is 5.97 Å². The molecule has 0 atom stereocenters. The van der Waals surface area contributed by atoms with E-state index >= 15 is 0 Å². The van der Waals surface area contributed by atoms with Crippen LogP contribution in [0.5, 0.6) is 5.75 Å². The van der Waals surface area contributed by atoms with Gasteiger partial charge in [0.2, 0.25) is 0 Å². The Balaban J connectivity index is 2.57. The van der Waals surface area contributed by atoms with E-state index in [1.54, 1.807) is 38.1 Å². The van der Waals surface area contributed by atoms with E-state index in [0.717, 1.165) is 0 Å². The lowest BCUT2D eigenvalue weighted by atomic mass is 10.1. The maximum Gasteiger partial charge on any atom is 0.330 e. The van der Waals surface area contributed by atoms with Crippen LogP contribution in [-0.2, 0) is 14.3 Å². The van der Waals surface area contributed by atoms with Crippen LogP contribution in [0.15, 0.2) is 36.4 Å². The minimum atomic E-state index is -1.09. The number of hydrogen-bond acceptors (Lipinski definition) is 5. The summed E-state index contributed by atoms with van der Waals surface area (Å²) >= 11 is 0. The van der Waals surface area contributed by atoms with Crippen molar-refractivity contribution in [2.75, 3.05) is 13.7 Å². The SMILES string of the molecule is COC(=O)/C=C/CNC(=O)C(C)(C)Oc1ccc(C#N)cc1. The van der Waals surface area contributed by atoms with Gasteiger partial charge in [-0.3, -0.25) is 4.79 Å². The Morgan fingerprint density at radius 1 is 1.32 bits per heavy atom. The standard InChI is InChI=1S/C16H18N2O4/c1-16(2,15(20)18-10-4-5-14(19)21-3)22-13-8-6-12(11-17)7-9-13/h4-9H,10H2,1-3H3,(H,18,20)/b5-4+. The molecule has 0 aromatic heterocycles. The molecule has 0 aliphatic carbocycles. The maximum absolute atomic E-state index is 12.1. The zero-order chi connectivity index (χ0) is 16.6. The van der Waals surface area contributed by atoms with Gasteiger partial charge in [-0.15, -0.1) is 0 Å². The zero-order valence-corrected chi connectivity index (χ0v) is 12.8. The summed E-state index contributed by atoms with van der Waals surface area (Å²) in [4.78, 5) is 22.9. The van der Waals surface area contributed by atoms with Gasteiger partial charge in [-0.25, -0.2) is 4.79 Å². The number of nitrogens with zero attached hydrogens (tertiary/aromatic N) is 1. The van der Waals surface area contributed by atoms with Crippen molar-refractivity contribution in [3.8, 4) is 11.8 Å². The van der Waals surface area contributed by atoms with Crippen LogP contribution >= 0.6 is 0 Å².